The number of rotatable bonds is 2. The Morgan fingerprint density at radius 2 is 1.92 bits per heavy atom. The van der Waals surface area contributed by atoms with E-state index in [-0.39, 0.29) is 5.92 Å². The Bertz CT molecular complexity index is 114. The van der Waals surface area contributed by atoms with Crippen LogP contribution in [-0.4, -0.2) is 24.4 Å². The van der Waals surface area contributed by atoms with E-state index in [1.807, 2.05) is 41.9 Å². The number of nitrogens with zero attached hydrogens (tertiary/aromatic N) is 1. The first-order valence-corrected chi connectivity index (χ1v) is 5.24. The van der Waals surface area contributed by atoms with E-state index in [2.05, 4.69) is 0 Å². The third kappa shape index (κ3) is 4.37. The molecule has 1 heterocycles. The highest BCUT2D eigenvalue weighted by Gasteiger charge is 2.17. The number of aldehydes is 1. The molecule has 0 atom stereocenters. The Morgan fingerprint density at radius 1 is 1.42 bits per heavy atom. The maximum absolute atomic E-state index is 10.3. The molecule has 1 aliphatic rings. The van der Waals surface area contributed by atoms with Gasteiger partial charge in [-0.1, -0.05) is 13.8 Å². The van der Waals surface area contributed by atoms with E-state index in [0.29, 0.717) is 0 Å². The number of halogens is 1. The van der Waals surface area contributed by atoms with E-state index in [1.165, 1.54) is 0 Å². The average Bonchev–Trinajstić information content (AvgIpc) is 2.21. The molecule has 1 aliphatic heterocycles. The van der Waals surface area contributed by atoms with Gasteiger partial charge >= 0.3 is 0 Å². The summed E-state index contributed by atoms with van der Waals surface area (Å²) in [6.45, 7) is 5.76. The molecule has 0 aromatic heterocycles. The molecule has 1 rings (SSSR count). The molecular formula is C8H16INO2. The maximum atomic E-state index is 10.3. The quantitative estimate of drug-likeness (QED) is 0.575. The van der Waals surface area contributed by atoms with Crippen LogP contribution in [0.1, 0.15) is 26.7 Å². The molecule has 0 radical (unpaired) electrons. The number of hydroxylamine groups is 2. The standard InChI is InChI=1S/C6H10INO2.C2H6/c7-10-8-3-1-6(5-9)2-4-8;1-2/h5-6H,1-4H2;1-2H3. The number of carbonyl (C=O) groups is 1. The van der Waals surface area contributed by atoms with Crippen molar-refractivity contribution < 1.29 is 7.96 Å². The molecule has 0 unspecified atom stereocenters. The van der Waals surface area contributed by atoms with Crippen molar-refractivity contribution in [2.24, 2.45) is 5.92 Å². The smallest absolute Gasteiger partial charge is 0.137 e. The summed E-state index contributed by atoms with van der Waals surface area (Å²) in [7, 11) is 0. The molecule has 0 spiro atoms. The van der Waals surface area contributed by atoms with E-state index in [4.69, 9.17) is 3.17 Å². The predicted octanol–water partition coefficient (Wildman–Crippen LogP) is 2.21. The molecule has 12 heavy (non-hydrogen) atoms. The summed E-state index contributed by atoms with van der Waals surface area (Å²) in [5, 5.41) is 1.88. The van der Waals surface area contributed by atoms with Crippen molar-refractivity contribution in [3.63, 3.8) is 0 Å². The van der Waals surface area contributed by atoms with Crippen LogP contribution in [0.2, 0.25) is 0 Å². The highest BCUT2D eigenvalue weighted by Crippen LogP contribution is 2.15. The normalized spacial score (nSPS) is 19.6. The van der Waals surface area contributed by atoms with E-state index in [1.54, 1.807) is 0 Å². The minimum absolute atomic E-state index is 0.266. The molecule has 0 aromatic rings. The predicted molar refractivity (Wildman–Crippen MR) is 56.8 cm³/mol. The van der Waals surface area contributed by atoms with E-state index in [0.717, 1.165) is 32.2 Å². The van der Waals surface area contributed by atoms with Crippen molar-refractivity contribution in [2.75, 3.05) is 13.1 Å². The van der Waals surface area contributed by atoms with Gasteiger partial charge in [0.1, 0.15) is 29.3 Å². The van der Waals surface area contributed by atoms with Crippen molar-refractivity contribution in [2.45, 2.75) is 26.7 Å². The molecule has 72 valence electrons. The number of hydrogen-bond acceptors (Lipinski definition) is 3. The summed E-state index contributed by atoms with van der Waals surface area (Å²) in [5.74, 6) is 0.266. The van der Waals surface area contributed by atoms with Crippen LogP contribution in [-0.2, 0) is 7.96 Å². The Hall–Kier alpha value is 0.320. The zero-order valence-corrected chi connectivity index (χ0v) is 9.78. The van der Waals surface area contributed by atoms with Gasteiger partial charge in [0.2, 0.25) is 0 Å². The number of hydrogen-bond donors (Lipinski definition) is 0. The topological polar surface area (TPSA) is 29.5 Å². The van der Waals surface area contributed by atoms with Gasteiger partial charge < -0.3 is 4.79 Å². The van der Waals surface area contributed by atoms with Gasteiger partial charge in [0, 0.05) is 19.0 Å². The minimum atomic E-state index is 0.266. The number of piperidine rings is 1. The van der Waals surface area contributed by atoms with E-state index >= 15 is 0 Å². The van der Waals surface area contributed by atoms with Gasteiger partial charge in [0.05, 0.1) is 0 Å². The summed E-state index contributed by atoms with van der Waals surface area (Å²) in [5.41, 5.74) is 0. The van der Waals surface area contributed by atoms with Crippen LogP contribution in [0.25, 0.3) is 0 Å². The van der Waals surface area contributed by atoms with Crippen molar-refractivity contribution >= 4 is 29.3 Å². The van der Waals surface area contributed by atoms with E-state index < -0.39 is 0 Å². The van der Waals surface area contributed by atoms with Crippen LogP contribution in [0.3, 0.4) is 0 Å². The summed E-state index contributed by atoms with van der Waals surface area (Å²) >= 11 is 1.86. The first kappa shape index (κ1) is 12.3. The third-order valence-electron chi connectivity index (χ3n) is 1.79. The maximum Gasteiger partial charge on any atom is 0.137 e. The second-order valence-corrected chi connectivity index (χ2v) is 2.87. The molecule has 0 amide bonds. The molecule has 3 nitrogen and oxygen atoms in total. The molecular weight excluding hydrogens is 269 g/mol. The molecule has 1 saturated heterocycles. The van der Waals surface area contributed by atoms with Crippen molar-refractivity contribution in [3.05, 3.63) is 0 Å². The van der Waals surface area contributed by atoms with Gasteiger partial charge in [-0.2, -0.15) is 5.06 Å². The zero-order chi connectivity index (χ0) is 9.40. The lowest BCUT2D eigenvalue weighted by Crippen LogP contribution is -2.31. The lowest BCUT2D eigenvalue weighted by Gasteiger charge is -2.25. The SMILES string of the molecule is CC.O=CC1CCN(OI)CC1. The Balaban J connectivity index is 0.000000561. The second-order valence-electron chi connectivity index (χ2n) is 2.47. The molecule has 0 aromatic carbocycles. The highest BCUT2D eigenvalue weighted by molar-refractivity contribution is 14.1. The molecule has 0 saturated carbocycles. The second kappa shape index (κ2) is 7.94. The van der Waals surface area contributed by atoms with Crippen molar-refractivity contribution in [1.29, 1.82) is 0 Å². The molecule has 4 heteroatoms. The lowest BCUT2D eigenvalue weighted by molar-refractivity contribution is -0.115. The zero-order valence-electron chi connectivity index (χ0n) is 7.62. The van der Waals surface area contributed by atoms with Crippen LogP contribution < -0.4 is 0 Å². The van der Waals surface area contributed by atoms with Crippen molar-refractivity contribution in [3.8, 4) is 0 Å². The fraction of sp³-hybridized carbons (Fsp3) is 0.875. The van der Waals surface area contributed by atoms with Gasteiger partial charge in [-0.15, -0.1) is 0 Å². The van der Waals surface area contributed by atoms with Crippen LogP contribution in [0.5, 0.6) is 0 Å². The lowest BCUT2D eigenvalue weighted by atomic mass is 10.0. The van der Waals surface area contributed by atoms with Crippen LogP contribution in [0.4, 0.5) is 0 Å². The first-order chi connectivity index (χ1) is 5.86. The molecule has 0 bridgehead atoms. The van der Waals surface area contributed by atoms with Crippen LogP contribution in [0, 0.1) is 5.92 Å². The average molecular weight is 285 g/mol. The van der Waals surface area contributed by atoms with Crippen LogP contribution >= 0.6 is 23.0 Å². The fourth-order valence-electron chi connectivity index (χ4n) is 1.08. The summed E-state index contributed by atoms with van der Waals surface area (Å²) < 4.78 is 4.97. The van der Waals surface area contributed by atoms with Crippen molar-refractivity contribution in [1.82, 2.24) is 5.06 Å². The highest BCUT2D eigenvalue weighted by atomic mass is 127. The largest absolute Gasteiger partial charge is 0.303 e. The third-order valence-corrected chi connectivity index (χ3v) is 2.35. The van der Waals surface area contributed by atoms with Gasteiger partial charge in [0.25, 0.3) is 0 Å². The monoisotopic (exact) mass is 285 g/mol. The Morgan fingerprint density at radius 3 is 2.25 bits per heavy atom. The van der Waals surface area contributed by atoms with Gasteiger partial charge in [-0.3, -0.25) is 0 Å². The van der Waals surface area contributed by atoms with Gasteiger partial charge in [-0.05, 0) is 12.8 Å². The minimum Gasteiger partial charge on any atom is -0.303 e. The first-order valence-electron chi connectivity index (χ1n) is 4.35. The molecule has 0 N–H and O–H groups in total. The Kier molecular flexibility index (Phi) is 8.15. The van der Waals surface area contributed by atoms with Gasteiger partial charge in [-0.25, -0.2) is 3.17 Å². The summed E-state index contributed by atoms with van der Waals surface area (Å²) in [4.78, 5) is 10.3. The van der Waals surface area contributed by atoms with Crippen LogP contribution in [0.15, 0.2) is 0 Å². The Labute approximate surface area is 88.1 Å². The fourth-order valence-corrected chi connectivity index (χ4v) is 1.47. The summed E-state index contributed by atoms with van der Waals surface area (Å²) in [6, 6.07) is 0. The molecule has 1 fully saturated rings. The molecule has 0 aliphatic carbocycles. The summed E-state index contributed by atoms with van der Waals surface area (Å²) in [6.07, 6.45) is 2.92. The van der Waals surface area contributed by atoms with E-state index in [9.17, 15) is 4.79 Å². The van der Waals surface area contributed by atoms with Gasteiger partial charge in [0.15, 0.2) is 0 Å². The number of carbonyl (C=O) groups excluding carboxylic acids is 1.